The molecule has 43 heavy (non-hydrogen) atoms. The second kappa shape index (κ2) is 11.4. The Morgan fingerprint density at radius 3 is 2.53 bits per heavy atom. The maximum Gasteiger partial charge on any atom is 0.414 e. The fraction of sp³-hybridized carbons (Fsp3) is 0.133. The third-order valence-corrected chi connectivity index (χ3v) is 8.52. The van der Waals surface area contributed by atoms with Crippen molar-refractivity contribution in [1.29, 1.82) is 0 Å². The van der Waals surface area contributed by atoms with Gasteiger partial charge >= 0.3 is 10.9 Å². The Morgan fingerprint density at radius 2 is 1.77 bits per heavy atom. The molecule has 0 spiro atoms. The van der Waals surface area contributed by atoms with Crippen molar-refractivity contribution in [2.75, 3.05) is 20.3 Å². The van der Waals surface area contributed by atoms with Gasteiger partial charge in [-0.1, -0.05) is 36.4 Å². The van der Waals surface area contributed by atoms with Crippen LogP contribution in [-0.4, -0.2) is 49.7 Å². The number of benzene rings is 3. The number of methoxy groups -OCH3 is 1. The summed E-state index contributed by atoms with van der Waals surface area (Å²) in [5.74, 6) is -0.151. The molecule has 2 N–H and O–H groups in total. The molecule has 0 atom stereocenters. The summed E-state index contributed by atoms with van der Waals surface area (Å²) in [5, 5.41) is 19.4. The van der Waals surface area contributed by atoms with Crippen molar-refractivity contribution in [1.82, 2.24) is 20.4 Å². The minimum absolute atomic E-state index is 0.0455. The van der Waals surface area contributed by atoms with Crippen molar-refractivity contribution < 1.29 is 32.2 Å². The highest BCUT2D eigenvalue weighted by Crippen LogP contribution is 2.33. The van der Waals surface area contributed by atoms with Crippen LogP contribution in [0.3, 0.4) is 0 Å². The molecule has 6 rings (SSSR count). The topological polar surface area (TPSA) is 163 Å². The molecule has 0 unspecified atom stereocenters. The van der Waals surface area contributed by atoms with E-state index in [9.17, 15) is 18.4 Å². The third kappa shape index (κ3) is 5.33. The van der Waals surface area contributed by atoms with E-state index in [4.69, 9.17) is 14.5 Å². The van der Waals surface area contributed by atoms with Gasteiger partial charge in [0, 0.05) is 28.4 Å². The van der Waals surface area contributed by atoms with Crippen molar-refractivity contribution in [2.24, 2.45) is 0 Å². The van der Waals surface area contributed by atoms with E-state index in [0.29, 0.717) is 11.4 Å². The predicted molar refractivity (Wildman–Crippen MR) is 155 cm³/mol. The van der Waals surface area contributed by atoms with Gasteiger partial charge in [0.2, 0.25) is 0 Å². The first-order chi connectivity index (χ1) is 20.9. The summed E-state index contributed by atoms with van der Waals surface area (Å²) in [4.78, 5) is 21.0. The number of pyridine rings is 1. The maximum atomic E-state index is 13.2. The van der Waals surface area contributed by atoms with E-state index < -0.39 is 26.7 Å². The molecule has 218 valence electrons. The van der Waals surface area contributed by atoms with E-state index in [1.807, 2.05) is 48.5 Å². The zero-order valence-corrected chi connectivity index (χ0v) is 23.6. The highest BCUT2D eigenvalue weighted by Gasteiger charge is 2.35. The van der Waals surface area contributed by atoms with Crippen LogP contribution in [0.1, 0.15) is 16.9 Å². The number of aromatic amines is 1. The van der Waals surface area contributed by atoms with Crippen LogP contribution in [0.5, 0.6) is 11.6 Å². The number of hydrogen-bond donors (Lipinski definition) is 2. The standard InChI is InChI=1S/C30H25N5O7S/c1-40-20-14-12-19(13-15-20)26-27-23(22-10-5-6-11-24(22)32-27)18-25(33-26)28(36)31-16-7-17-41-29-30(35(37)42-34-29)43(38,39)21-8-3-2-4-9-21/h2-6,8-15,18,32H,7,16-17H2,1H3,(H,31,36). The number of amides is 1. The van der Waals surface area contributed by atoms with E-state index in [-0.39, 0.29) is 35.1 Å². The number of H-pyrrole nitrogens is 1. The summed E-state index contributed by atoms with van der Waals surface area (Å²) < 4.78 is 41.1. The first kappa shape index (κ1) is 27.7. The van der Waals surface area contributed by atoms with Crippen LogP contribution in [0.25, 0.3) is 33.1 Å². The van der Waals surface area contributed by atoms with Crippen molar-refractivity contribution in [3.63, 3.8) is 0 Å². The zero-order valence-electron chi connectivity index (χ0n) is 22.8. The summed E-state index contributed by atoms with van der Waals surface area (Å²) in [6, 6.07) is 24.4. The SMILES string of the molecule is COc1ccc(-c2nc(C(=O)NCCCOc3no[n+]([O-])c3S(=O)(=O)c3ccccc3)cc3c2[nH]c2ccccc23)cc1. The number of aromatic nitrogens is 4. The van der Waals surface area contributed by atoms with Gasteiger partial charge in [0.25, 0.3) is 15.7 Å². The molecule has 3 aromatic carbocycles. The Hall–Kier alpha value is -5.43. The minimum atomic E-state index is -4.23. The molecule has 12 nitrogen and oxygen atoms in total. The number of hydrogen-bond acceptors (Lipinski definition) is 9. The van der Waals surface area contributed by atoms with Gasteiger partial charge in [-0.05, 0) is 59.9 Å². The lowest BCUT2D eigenvalue weighted by molar-refractivity contribution is -0.832. The lowest BCUT2D eigenvalue weighted by Gasteiger charge is -2.09. The van der Waals surface area contributed by atoms with Gasteiger partial charge in [-0.2, -0.15) is 0 Å². The monoisotopic (exact) mass is 599 g/mol. The molecule has 13 heteroatoms. The fourth-order valence-corrected chi connectivity index (χ4v) is 5.99. The first-order valence-corrected chi connectivity index (χ1v) is 14.7. The van der Waals surface area contributed by atoms with Gasteiger partial charge in [-0.25, -0.2) is 13.4 Å². The zero-order chi connectivity index (χ0) is 30.0. The minimum Gasteiger partial charge on any atom is -0.497 e. The molecule has 6 aromatic rings. The Bertz CT molecular complexity index is 2040. The van der Waals surface area contributed by atoms with Gasteiger partial charge in [-0.3, -0.25) is 9.42 Å². The average molecular weight is 600 g/mol. The molecule has 3 heterocycles. The largest absolute Gasteiger partial charge is 0.497 e. The van der Waals surface area contributed by atoms with E-state index in [1.165, 1.54) is 24.3 Å². The Kier molecular flexibility index (Phi) is 7.38. The smallest absolute Gasteiger partial charge is 0.414 e. The summed E-state index contributed by atoms with van der Waals surface area (Å²) in [6.45, 7) is 0.135. The van der Waals surface area contributed by atoms with Crippen molar-refractivity contribution in [3.05, 3.63) is 95.8 Å². The summed E-state index contributed by atoms with van der Waals surface area (Å²) in [6.07, 6.45) is 0.281. The highest BCUT2D eigenvalue weighted by molar-refractivity contribution is 7.91. The van der Waals surface area contributed by atoms with Crippen LogP contribution in [0.15, 0.2) is 99.5 Å². The van der Waals surface area contributed by atoms with Crippen LogP contribution < -0.4 is 19.7 Å². The molecule has 1 amide bonds. The molecule has 0 radical (unpaired) electrons. The molecule has 0 saturated heterocycles. The van der Waals surface area contributed by atoms with Crippen molar-refractivity contribution in [2.45, 2.75) is 16.3 Å². The van der Waals surface area contributed by atoms with E-state index in [1.54, 1.807) is 19.2 Å². The molecule has 0 aliphatic heterocycles. The number of fused-ring (bicyclic) bond motifs is 3. The van der Waals surface area contributed by atoms with Crippen LogP contribution >= 0.6 is 0 Å². The Balaban J connectivity index is 1.17. The molecule has 0 saturated carbocycles. The van der Waals surface area contributed by atoms with Gasteiger partial charge in [0.15, 0.2) is 0 Å². The van der Waals surface area contributed by atoms with E-state index >= 15 is 0 Å². The normalized spacial score (nSPS) is 11.6. The van der Waals surface area contributed by atoms with Gasteiger partial charge < -0.3 is 25.0 Å². The number of nitrogens with one attached hydrogen (secondary N) is 2. The van der Waals surface area contributed by atoms with Crippen LogP contribution in [0, 0.1) is 5.21 Å². The number of rotatable bonds is 10. The summed E-state index contributed by atoms with van der Waals surface area (Å²) >= 11 is 0. The Labute approximate surface area is 245 Å². The molecular weight excluding hydrogens is 574 g/mol. The average Bonchev–Trinajstić information content (AvgIpc) is 3.61. The number of sulfone groups is 1. The predicted octanol–water partition coefficient (Wildman–Crippen LogP) is 4.04. The third-order valence-electron chi connectivity index (χ3n) is 6.79. The molecule has 0 fully saturated rings. The number of carbonyl (C=O) groups excluding carboxylic acids is 1. The number of ether oxygens (including phenoxy) is 2. The Morgan fingerprint density at radius 1 is 1.02 bits per heavy atom. The molecule has 3 aromatic heterocycles. The lowest BCUT2D eigenvalue weighted by atomic mass is 10.1. The fourth-order valence-electron chi connectivity index (χ4n) is 4.69. The second-order valence-corrected chi connectivity index (χ2v) is 11.4. The number of carbonyl (C=O) groups is 1. The van der Waals surface area contributed by atoms with Crippen LogP contribution in [-0.2, 0) is 9.84 Å². The number of nitrogens with zero attached hydrogens (tertiary/aromatic N) is 3. The second-order valence-electron chi connectivity index (χ2n) is 9.49. The molecule has 0 aliphatic rings. The molecular formula is C30H25N5O7S. The number of para-hydroxylation sites is 1. The lowest BCUT2D eigenvalue weighted by Crippen LogP contribution is -2.31. The highest BCUT2D eigenvalue weighted by atomic mass is 32.2. The van der Waals surface area contributed by atoms with Crippen molar-refractivity contribution >= 4 is 37.6 Å². The van der Waals surface area contributed by atoms with Gasteiger partial charge in [0.05, 0.1) is 35.0 Å². The van der Waals surface area contributed by atoms with Crippen LogP contribution in [0.2, 0.25) is 0 Å². The first-order valence-electron chi connectivity index (χ1n) is 13.2. The van der Waals surface area contributed by atoms with E-state index in [2.05, 4.69) is 20.1 Å². The quantitative estimate of drug-likeness (QED) is 0.175. The summed E-state index contributed by atoms with van der Waals surface area (Å²) in [7, 11) is -2.63. The van der Waals surface area contributed by atoms with Crippen LogP contribution in [0.4, 0.5) is 0 Å². The van der Waals surface area contributed by atoms with Gasteiger partial charge in [0.1, 0.15) is 11.4 Å². The summed E-state index contributed by atoms with van der Waals surface area (Å²) in [5.41, 5.74) is 3.38. The maximum absolute atomic E-state index is 13.2. The molecule has 0 bridgehead atoms. The van der Waals surface area contributed by atoms with E-state index in [0.717, 1.165) is 27.4 Å². The van der Waals surface area contributed by atoms with Crippen molar-refractivity contribution in [3.8, 4) is 22.9 Å². The van der Waals surface area contributed by atoms with Gasteiger partial charge in [-0.15, -0.1) is 0 Å². The molecule has 0 aliphatic carbocycles.